The van der Waals surface area contributed by atoms with Crippen LogP contribution in [0.4, 0.5) is 32.4 Å². The molecule has 13 heteroatoms. The fourth-order valence-electron chi connectivity index (χ4n) is 6.40. The van der Waals surface area contributed by atoms with Gasteiger partial charge in [-0.2, -0.15) is 13.2 Å². The average molecular weight is 680 g/mol. The van der Waals surface area contributed by atoms with Crippen LogP contribution in [-0.4, -0.2) is 77.9 Å². The highest BCUT2D eigenvalue weighted by molar-refractivity contribution is 7.99. The second-order valence-electron chi connectivity index (χ2n) is 13.2. The van der Waals surface area contributed by atoms with Crippen molar-refractivity contribution >= 4 is 29.4 Å². The van der Waals surface area contributed by atoms with E-state index in [-0.39, 0.29) is 46.8 Å². The Labute approximate surface area is 277 Å². The second kappa shape index (κ2) is 13.7. The van der Waals surface area contributed by atoms with Crippen molar-refractivity contribution in [3.63, 3.8) is 0 Å². The monoisotopic (exact) mass is 679 g/mol. The van der Waals surface area contributed by atoms with E-state index in [4.69, 9.17) is 9.73 Å². The third-order valence-corrected chi connectivity index (χ3v) is 9.72. The van der Waals surface area contributed by atoms with Gasteiger partial charge in [-0.1, -0.05) is 19.9 Å². The summed E-state index contributed by atoms with van der Waals surface area (Å²) in [7, 11) is 0. The standard InChI is InChI=1S/C34H42F5N5O2S/c1-7-40-13-9-8-10-23-19-47-30-28(24-12-11-22(35)16-27(24)36)26(34(37,38)39)17-25-29(30)44(23)21(3)41-31(25)43-15-14-42(18-20(43)2)32(45)46-33(4,5)6/h11-12,16-17,20,23,40H,3,7-10,13-15,18-19H2,1-2,4-6H3/t20-,23-/m0/s1. The molecule has 0 saturated carbocycles. The van der Waals surface area contributed by atoms with Crippen molar-refractivity contribution in [2.75, 3.05) is 43.4 Å². The third kappa shape index (κ3) is 7.40. The largest absolute Gasteiger partial charge is 0.444 e. The van der Waals surface area contributed by atoms with Gasteiger partial charge in [-0.15, -0.1) is 11.8 Å². The van der Waals surface area contributed by atoms with Crippen molar-refractivity contribution < 1.29 is 31.5 Å². The maximum atomic E-state index is 15.3. The number of alkyl halides is 3. The van der Waals surface area contributed by atoms with Crippen LogP contribution in [0, 0.1) is 11.6 Å². The van der Waals surface area contributed by atoms with Gasteiger partial charge < -0.3 is 24.8 Å². The number of thioether (sulfide) groups is 1. The number of halogens is 5. The summed E-state index contributed by atoms with van der Waals surface area (Å²) >= 11 is 1.26. The number of anilines is 1. The molecule has 0 unspecified atom stereocenters. The van der Waals surface area contributed by atoms with E-state index in [1.54, 1.807) is 25.7 Å². The van der Waals surface area contributed by atoms with Crippen LogP contribution in [0.1, 0.15) is 65.0 Å². The van der Waals surface area contributed by atoms with Gasteiger partial charge in [-0.25, -0.2) is 18.6 Å². The van der Waals surface area contributed by atoms with Crippen LogP contribution in [0.5, 0.6) is 0 Å². The summed E-state index contributed by atoms with van der Waals surface area (Å²) in [5, 5.41) is 3.31. The summed E-state index contributed by atoms with van der Waals surface area (Å²) in [5.41, 5.74) is -1.55. The van der Waals surface area contributed by atoms with Gasteiger partial charge in [0.2, 0.25) is 0 Å². The number of nitrogens with zero attached hydrogens (tertiary/aromatic N) is 4. The van der Waals surface area contributed by atoms with E-state index in [1.807, 2.05) is 23.6 Å². The molecular formula is C34H42F5N5O2S. The molecule has 0 aromatic heterocycles. The zero-order valence-corrected chi connectivity index (χ0v) is 28.3. The molecule has 0 radical (unpaired) electrons. The number of piperazine rings is 1. The Balaban J connectivity index is 1.61. The topological polar surface area (TPSA) is 60.4 Å². The van der Waals surface area contributed by atoms with E-state index >= 15 is 4.39 Å². The molecule has 0 bridgehead atoms. The molecule has 256 valence electrons. The fourth-order valence-corrected chi connectivity index (χ4v) is 7.78. The van der Waals surface area contributed by atoms with E-state index in [0.717, 1.165) is 50.6 Å². The number of nitrogens with one attached hydrogen (secondary N) is 1. The first kappa shape index (κ1) is 35.0. The maximum absolute atomic E-state index is 15.3. The Hall–Kier alpha value is -3.32. The number of amidine groups is 1. The third-order valence-electron chi connectivity index (χ3n) is 8.48. The van der Waals surface area contributed by atoms with E-state index in [9.17, 15) is 22.4 Å². The number of benzene rings is 2. The quantitative estimate of drug-likeness (QED) is 0.237. The first-order valence-corrected chi connectivity index (χ1v) is 17.0. The fraction of sp³-hybridized carbons (Fsp3) is 0.529. The molecule has 3 aliphatic rings. The highest BCUT2D eigenvalue weighted by Crippen LogP contribution is 2.54. The first-order chi connectivity index (χ1) is 22.1. The average Bonchev–Trinajstić information content (AvgIpc) is 2.97. The van der Waals surface area contributed by atoms with Crippen molar-refractivity contribution in [3.8, 4) is 11.1 Å². The van der Waals surface area contributed by atoms with Crippen molar-refractivity contribution in [3.05, 3.63) is 59.4 Å². The molecular weight excluding hydrogens is 637 g/mol. The molecule has 2 atom stereocenters. The van der Waals surface area contributed by atoms with Crippen LogP contribution >= 0.6 is 11.8 Å². The predicted octanol–water partition coefficient (Wildman–Crippen LogP) is 7.88. The number of carbonyl (C=O) groups excluding carboxylic acids is 1. The number of hydrogen-bond donors (Lipinski definition) is 1. The van der Waals surface area contributed by atoms with Gasteiger partial charge >= 0.3 is 12.3 Å². The molecule has 5 rings (SSSR count). The van der Waals surface area contributed by atoms with Crippen molar-refractivity contribution in [2.24, 2.45) is 4.99 Å². The summed E-state index contributed by atoms with van der Waals surface area (Å²) in [5.74, 6) is -0.790. The number of amides is 1. The minimum absolute atomic E-state index is 0.102. The summed E-state index contributed by atoms with van der Waals surface area (Å²) < 4.78 is 79.6. The number of unbranched alkanes of at least 4 members (excludes halogenated alkanes) is 1. The molecule has 2 aromatic rings. The van der Waals surface area contributed by atoms with Crippen LogP contribution in [-0.2, 0) is 10.9 Å². The van der Waals surface area contributed by atoms with E-state index in [0.29, 0.717) is 35.7 Å². The zero-order valence-electron chi connectivity index (χ0n) is 27.4. The van der Waals surface area contributed by atoms with Crippen LogP contribution in [0.2, 0.25) is 0 Å². The van der Waals surface area contributed by atoms with Gasteiger partial charge in [-0.05, 0) is 71.8 Å². The Kier molecular flexibility index (Phi) is 10.2. The SMILES string of the molecule is C=C1N=C(N2CCN(C(=O)OC(C)(C)C)C[C@@H]2C)c2cc(C(F)(F)F)c(-c3ccc(F)cc3F)c3c2N1[C@@H](CCCCNCC)CS3. The molecule has 3 aliphatic heterocycles. The highest BCUT2D eigenvalue weighted by Gasteiger charge is 2.45. The lowest BCUT2D eigenvalue weighted by Crippen LogP contribution is -2.57. The molecule has 7 nitrogen and oxygen atoms in total. The van der Waals surface area contributed by atoms with E-state index < -0.39 is 35.1 Å². The Morgan fingerprint density at radius 2 is 1.87 bits per heavy atom. The van der Waals surface area contributed by atoms with Crippen molar-refractivity contribution in [1.82, 2.24) is 15.1 Å². The minimum Gasteiger partial charge on any atom is -0.444 e. The van der Waals surface area contributed by atoms with Gasteiger partial charge in [0.25, 0.3) is 0 Å². The molecule has 0 aliphatic carbocycles. The van der Waals surface area contributed by atoms with Crippen LogP contribution in [0.25, 0.3) is 11.1 Å². The number of rotatable bonds is 7. The zero-order chi connectivity index (χ0) is 34.3. The number of carbonyl (C=O) groups is 1. The molecule has 3 heterocycles. The van der Waals surface area contributed by atoms with Gasteiger partial charge in [-0.3, -0.25) is 0 Å². The predicted molar refractivity (Wildman–Crippen MR) is 176 cm³/mol. The Bertz CT molecular complexity index is 1560. The van der Waals surface area contributed by atoms with Crippen LogP contribution in [0.15, 0.2) is 46.6 Å². The summed E-state index contributed by atoms with van der Waals surface area (Å²) in [6.07, 6.45) is -2.74. The van der Waals surface area contributed by atoms with Crippen LogP contribution < -0.4 is 10.2 Å². The summed E-state index contributed by atoms with van der Waals surface area (Å²) in [6.45, 7) is 16.1. The summed E-state index contributed by atoms with van der Waals surface area (Å²) in [6, 6.07) is 3.29. The van der Waals surface area contributed by atoms with Crippen LogP contribution in [0.3, 0.4) is 0 Å². The van der Waals surface area contributed by atoms with Gasteiger partial charge in [0.15, 0.2) is 0 Å². The molecule has 1 amide bonds. The molecule has 1 saturated heterocycles. The lowest BCUT2D eigenvalue weighted by molar-refractivity contribution is -0.137. The second-order valence-corrected chi connectivity index (χ2v) is 14.2. The molecule has 47 heavy (non-hydrogen) atoms. The number of aliphatic imine (C=N–C) groups is 1. The van der Waals surface area contributed by atoms with Gasteiger partial charge in [0, 0.05) is 65.1 Å². The van der Waals surface area contributed by atoms with E-state index in [1.165, 1.54) is 11.8 Å². The molecule has 1 fully saturated rings. The summed E-state index contributed by atoms with van der Waals surface area (Å²) in [4.78, 5) is 23.3. The normalized spacial score (nSPS) is 19.9. The van der Waals surface area contributed by atoms with Gasteiger partial charge in [0.1, 0.15) is 28.9 Å². The highest BCUT2D eigenvalue weighted by atomic mass is 32.2. The Morgan fingerprint density at radius 1 is 1.13 bits per heavy atom. The minimum atomic E-state index is -4.85. The van der Waals surface area contributed by atoms with Crippen molar-refractivity contribution in [1.29, 1.82) is 0 Å². The van der Waals surface area contributed by atoms with E-state index in [2.05, 4.69) is 11.9 Å². The lowest BCUT2D eigenvalue weighted by Gasteiger charge is -2.47. The first-order valence-electron chi connectivity index (χ1n) is 16.0. The molecule has 2 aromatic carbocycles. The Morgan fingerprint density at radius 3 is 2.51 bits per heavy atom. The number of ether oxygens (including phenoxy) is 1. The molecule has 0 spiro atoms. The smallest absolute Gasteiger partial charge is 0.417 e. The van der Waals surface area contributed by atoms with Crippen molar-refractivity contribution in [2.45, 2.75) is 82.6 Å². The number of hydrogen-bond acceptors (Lipinski definition) is 7. The van der Waals surface area contributed by atoms with Gasteiger partial charge in [0.05, 0.1) is 11.3 Å². The molecule has 1 N–H and O–H groups in total. The maximum Gasteiger partial charge on any atom is 0.417 e. The lowest BCUT2D eigenvalue weighted by atomic mass is 9.91.